The number of carbonyl (C=O) groups is 1. The molecule has 0 aliphatic carbocycles. The number of hydrogen-bond acceptors (Lipinski definition) is 4. The van der Waals surface area contributed by atoms with Crippen molar-refractivity contribution in [3.05, 3.63) is 0 Å². The van der Waals surface area contributed by atoms with Gasteiger partial charge in [-0.3, -0.25) is 9.79 Å². The molecule has 0 radical (unpaired) electrons. The van der Waals surface area contributed by atoms with Crippen molar-refractivity contribution < 1.29 is 14.3 Å². The van der Waals surface area contributed by atoms with Crippen LogP contribution in [0.3, 0.4) is 0 Å². The van der Waals surface area contributed by atoms with Gasteiger partial charge in [-0.05, 0) is 13.3 Å². The van der Waals surface area contributed by atoms with Gasteiger partial charge in [-0.15, -0.1) is 0 Å². The largest absolute Gasteiger partial charge is 0.379 e. The highest BCUT2D eigenvalue weighted by Crippen LogP contribution is 1.89. The molecule has 0 aromatic rings. The molecule has 0 spiro atoms. The lowest BCUT2D eigenvalue weighted by molar-refractivity contribution is -0.123. The lowest BCUT2D eigenvalue weighted by Gasteiger charge is -2.12. The Morgan fingerprint density at radius 1 is 0.958 bits per heavy atom. The first kappa shape index (κ1) is 22.7. The second-order valence-corrected chi connectivity index (χ2v) is 5.71. The molecule has 7 nitrogen and oxygen atoms in total. The molecule has 24 heavy (non-hydrogen) atoms. The molecule has 0 bridgehead atoms. The Hall–Kier alpha value is -1.34. The van der Waals surface area contributed by atoms with Gasteiger partial charge >= 0.3 is 0 Å². The Morgan fingerprint density at radius 3 is 2.25 bits per heavy atom. The van der Waals surface area contributed by atoms with E-state index in [4.69, 9.17) is 9.47 Å². The molecule has 0 saturated heterocycles. The van der Waals surface area contributed by atoms with Crippen LogP contribution < -0.4 is 16.0 Å². The molecule has 142 valence electrons. The Morgan fingerprint density at radius 2 is 1.62 bits per heavy atom. The van der Waals surface area contributed by atoms with E-state index >= 15 is 0 Å². The minimum absolute atomic E-state index is 0.00926. The van der Waals surface area contributed by atoms with Crippen LogP contribution in [0.4, 0.5) is 0 Å². The maximum Gasteiger partial charge on any atom is 0.222 e. The maximum absolute atomic E-state index is 11.5. The van der Waals surface area contributed by atoms with Crippen molar-refractivity contribution in [2.24, 2.45) is 10.9 Å². The molecule has 0 fully saturated rings. The third-order valence-corrected chi connectivity index (χ3v) is 3.11. The van der Waals surface area contributed by atoms with Crippen molar-refractivity contribution in [3.63, 3.8) is 0 Å². The number of ether oxygens (including phenoxy) is 2. The number of aliphatic imine (C=N–C) groups is 1. The summed E-state index contributed by atoms with van der Waals surface area (Å²) < 4.78 is 10.9. The van der Waals surface area contributed by atoms with Gasteiger partial charge < -0.3 is 25.4 Å². The summed E-state index contributed by atoms with van der Waals surface area (Å²) in [6.07, 6.45) is 2.25. The number of hydrogen-bond donors (Lipinski definition) is 3. The fourth-order valence-electron chi connectivity index (χ4n) is 1.70. The van der Waals surface area contributed by atoms with E-state index in [1.165, 1.54) is 0 Å². The summed E-state index contributed by atoms with van der Waals surface area (Å²) in [5, 5.41) is 9.21. The Kier molecular flexibility index (Phi) is 15.6. The monoisotopic (exact) mass is 344 g/mol. The first-order chi connectivity index (χ1) is 11.6. The molecule has 0 unspecified atom stereocenters. The van der Waals surface area contributed by atoms with Crippen LogP contribution in [0.15, 0.2) is 4.99 Å². The summed E-state index contributed by atoms with van der Waals surface area (Å²) in [4.78, 5) is 15.9. The number of nitrogens with one attached hydrogen (secondary N) is 3. The number of guanidine groups is 1. The Bertz CT molecular complexity index is 336. The second kappa shape index (κ2) is 16.5. The SMILES string of the molecule is CCCCOCCOCCN=C(NCC)NCCNC(=O)C(C)C. The maximum atomic E-state index is 11.5. The van der Waals surface area contributed by atoms with E-state index in [2.05, 4.69) is 27.9 Å². The zero-order valence-corrected chi connectivity index (χ0v) is 15.8. The Labute approximate surface area is 147 Å². The summed E-state index contributed by atoms with van der Waals surface area (Å²) in [5.74, 6) is 0.808. The minimum Gasteiger partial charge on any atom is -0.379 e. The highest BCUT2D eigenvalue weighted by Gasteiger charge is 2.05. The lowest BCUT2D eigenvalue weighted by Crippen LogP contribution is -2.42. The third-order valence-electron chi connectivity index (χ3n) is 3.11. The van der Waals surface area contributed by atoms with Crippen LogP contribution in [0.5, 0.6) is 0 Å². The van der Waals surface area contributed by atoms with E-state index in [-0.39, 0.29) is 11.8 Å². The zero-order chi connectivity index (χ0) is 18.0. The highest BCUT2D eigenvalue weighted by molar-refractivity contribution is 5.80. The van der Waals surface area contributed by atoms with Crippen molar-refractivity contribution in [2.45, 2.75) is 40.5 Å². The van der Waals surface area contributed by atoms with Gasteiger partial charge in [0.25, 0.3) is 0 Å². The number of nitrogens with zero attached hydrogens (tertiary/aromatic N) is 1. The molecule has 0 aromatic heterocycles. The topological polar surface area (TPSA) is 84.0 Å². The standard InChI is InChI=1S/C17H36N4O3/c1-5-7-11-23-13-14-24-12-10-21-17(18-6-2)20-9-8-19-16(22)15(3)4/h15H,5-14H2,1-4H3,(H,19,22)(H2,18,20,21). The predicted molar refractivity (Wildman–Crippen MR) is 98.4 cm³/mol. The van der Waals surface area contributed by atoms with Crippen molar-refractivity contribution in [1.29, 1.82) is 0 Å². The van der Waals surface area contributed by atoms with Crippen molar-refractivity contribution >= 4 is 11.9 Å². The summed E-state index contributed by atoms with van der Waals surface area (Å²) in [6.45, 7) is 13.1. The molecule has 0 saturated carbocycles. The molecule has 7 heteroatoms. The van der Waals surface area contributed by atoms with Gasteiger partial charge in [-0.2, -0.15) is 0 Å². The third kappa shape index (κ3) is 14.3. The van der Waals surface area contributed by atoms with Crippen molar-refractivity contribution in [1.82, 2.24) is 16.0 Å². The van der Waals surface area contributed by atoms with Crippen molar-refractivity contribution in [3.8, 4) is 0 Å². The fourth-order valence-corrected chi connectivity index (χ4v) is 1.70. The van der Waals surface area contributed by atoms with E-state index in [1.54, 1.807) is 0 Å². The van der Waals surface area contributed by atoms with Gasteiger partial charge in [0.05, 0.1) is 26.4 Å². The highest BCUT2D eigenvalue weighted by atomic mass is 16.5. The molecule has 0 rings (SSSR count). The molecule has 0 aromatic carbocycles. The average Bonchev–Trinajstić information content (AvgIpc) is 2.56. The van der Waals surface area contributed by atoms with Crippen LogP contribution in [0.1, 0.15) is 40.5 Å². The lowest BCUT2D eigenvalue weighted by atomic mass is 10.2. The molecule has 0 aliphatic rings. The van der Waals surface area contributed by atoms with E-state index in [0.29, 0.717) is 39.5 Å². The molecular formula is C17H36N4O3. The molecular weight excluding hydrogens is 308 g/mol. The van der Waals surface area contributed by atoms with Gasteiger partial charge in [-0.25, -0.2) is 0 Å². The molecule has 0 aliphatic heterocycles. The summed E-state index contributed by atoms with van der Waals surface area (Å²) in [7, 11) is 0. The van der Waals surface area contributed by atoms with Crippen LogP contribution in [0.2, 0.25) is 0 Å². The molecule has 3 N–H and O–H groups in total. The Balaban J connectivity index is 3.73. The van der Waals surface area contributed by atoms with E-state index in [0.717, 1.165) is 32.0 Å². The smallest absolute Gasteiger partial charge is 0.222 e. The molecule has 0 heterocycles. The summed E-state index contributed by atoms with van der Waals surface area (Å²) in [5.41, 5.74) is 0. The van der Waals surface area contributed by atoms with Gasteiger partial charge in [-0.1, -0.05) is 27.2 Å². The average molecular weight is 345 g/mol. The summed E-state index contributed by atoms with van der Waals surface area (Å²) >= 11 is 0. The van der Waals surface area contributed by atoms with Gasteiger partial charge in [0.1, 0.15) is 0 Å². The molecule has 0 atom stereocenters. The van der Waals surface area contributed by atoms with Crippen LogP contribution in [0, 0.1) is 5.92 Å². The first-order valence-corrected chi connectivity index (χ1v) is 9.07. The van der Waals surface area contributed by atoms with E-state index in [1.807, 2.05) is 20.8 Å². The normalized spacial score (nSPS) is 11.6. The van der Waals surface area contributed by atoms with Gasteiger partial charge in [0.2, 0.25) is 5.91 Å². The van der Waals surface area contributed by atoms with Crippen molar-refractivity contribution in [2.75, 3.05) is 52.6 Å². The molecule has 1 amide bonds. The summed E-state index contributed by atoms with van der Waals surface area (Å²) in [6, 6.07) is 0. The minimum atomic E-state index is 0.00926. The number of carbonyl (C=O) groups excluding carboxylic acids is 1. The number of unbranched alkanes of at least 4 members (excludes halogenated alkanes) is 1. The fraction of sp³-hybridized carbons (Fsp3) is 0.882. The van der Waals surface area contributed by atoms with E-state index < -0.39 is 0 Å². The predicted octanol–water partition coefficient (Wildman–Crippen LogP) is 1.15. The van der Waals surface area contributed by atoms with Crippen LogP contribution in [0.25, 0.3) is 0 Å². The first-order valence-electron chi connectivity index (χ1n) is 9.07. The zero-order valence-electron chi connectivity index (χ0n) is 15.8. The number of amides is 1. The van der Waals surface area contributed by atoms with E-state index in [9.17, 15) is 4.79 Å². The van der Waals surface area contributed by atoms with Crippen LogP contribution in [-0.2, 0) is 14.3 Å². The quantitative estimate of drug-likeness (QED) is 0.250. The van der Waals surface area contributed by atoms with Crippen LogP contribution >= 0.6 is 0 Å². The number of rotatable bonds is 14. The van der Waals surface area contributed by atoms with Crippen LogP contribution in [-0.4, -0.2) is 64.5 Å². The second-order valence-electron chi connectivity index (χ2n) is 5.71. The van der Waals surface area contributed by atoms with Gasteiger partial charge in [0.15, 0.2) is 5.96 Å². The van der Waals surface area contributed by atoms with Gasteiger partial charge in [0, 0.05) is 32.2 Å².